The molecule has 7 heteroatoms. The van der Waals surface area contributed by atoms with Gasteiger partial charge in [-0.3, -0.25) is 4.79 Å². The topological polar surface area (TPSA) is 84.5 Å². The standard InChI is InChI=1S/C18H22N2O4S/c1-13(14-7-5-4-6-8-14)20-18(21)12-19-16-10-9-15(24-2)11-17(16)25(3,22)23/h4-11,13,19H,12H2,1-3H3,(H,20,21). The van der Waals surface area contributed by atoms with Crippen molar-refractivity contribution in [3.63, 3.8) is 0 Å². The van der Waals surface area contributed by atoms with Crippen molar-refractivity contribution in [1.29, 1.82) is 0 Å². The molecule has 0 spiro atoms. The quantitative estimate of drug-likeness (QED) is 0.790. The molecular weight excluding hydrogens is 340 g/mol. The van der Waals surface area contributed by atoms with Gasteiger partial charge in [0.2, 0.25) is 5.91 Å². The van der Waals surface area contributed by atoms with E-state index in [9.17, 15) is 13.2 Å². The van der Waals surface area contributed by atoms with Crippen molar-refractivity contribution in [2.75, 3.05) is 25.2 Å². The summed E-state index contributed by atoms with van der Waals surface area (Å²) in [6, 6.07) is 14.1. The maximum atomic E-state index is 12.1. The molecule has 25 heavy (non-hydrogen) atoms. The molecule has 0 aromatic heterocycles. The Morgan fingerprint density at radius 2 is 1.84 bits per heavy atom. The Bertz CT molecular complexity index is 835. The summed E-state index contributed by atoms with van der Waals surface area (Å²) in [7, 11) is -1.99. The highest BCUT2D eigenvalue weighted by molar-refractivity contribution is 7.90. The van der Waals surface area contributed by atoms with Crippen LogP contribution in [0.5, 0.6) is 5.75 Å². The van der Waals surface area contributed by atoms with Crippen LogP contribution in [-0.2, 0) is 14.6 Å². The fourth-order valence-electron chi connectivity index (χ4n) is 2.38. The summed E-state index contributed by atoms with van der Waals surface area (Å²) in [6.07, 6.45) is 1.12. The number of carbonyl (C=O) groups is 1. The van der Waals surface area contributed by atoms with Gasteiger partial charge in [0.25, 0.3) is 0 Å². The molecule has 0 aliphatic carbocycles. The number of ether oxygens (including phenoxy) is 1. The molecule has 2 aromatic rings. The van der Waals surface area contributed by atoms with Gasteiger partial charge in [-0.25, -0.2) is 8.42 Å². The molecule has 2 rings (SSSR count). The molecule has 1 unspecified atom stereocenters. The fourth-order valence-corrected chi connectivity index (χ4v) is 3.25. The van der Waals surface area contributed by atoms with Crippen LogP contribution in [0.4, 0.5) is 5.69 Å². The van der Waals surface area contributed by atoms with Gasteiger partial charge in [0.05, 0.1) is 30.3 Å². The number of hydrogen-bond donors (Lipinski definition) is 2. The van der Waals surface area contributed by atoms with Gasteiger partial charge in [0, 0.05) is 12.3 Å². The van der Waals surface area contributed by atoms with E-state index in [1.165, 1.54) is 13.2 Å². The highest BCUT2D eigenvalue weighted by atomic mass is 32.2. The van der Waals surface area contributed by atoms with E-state index in [0.29, 0.717) is 11.4 Å². The first-order valence-electron chi connectivity index (χ1n) is 7.77. The first kappa shape index (κ1) is 18.8. The molecule has 134 valence electrons. The van der Waals surface area contributed by atoms with Crippen molar-refractivity contribution in [1.82, 2.24) is 5.32 Å². The average Bonchev–Trinajstić information content (AvgIpc) is 2.59. The summed E-state index contributed by atoms with van der Waals surface area (Å²) >= 11 is 0. The van der Waals surface area contributed by atoms with Crippen LogP contribution in [0, 0.1) is 0 Å². The minimum atomic E-state index is -3.45. The molecule has 2 N–H and O–H groups in total. The van der Waals surface area contributed by atoms with Crippen LogP contribution in [-0.4, -0.2) is 34.2 Å². The smallest absolute Gasteiger partial charge is 0.239 e. The van der Waals surface area contributed by atoms with Crippen molar-refractivity contribution >= 4 is 21.4 Å². The van der Waals surface area contributed by atoms with Crippen LogP contribution < -0.4 is 15.4 Å². The SMILES string of the molecule is COc1ccc(NCC(=O)NC(C)c2ccccc2)c(S(C)(=O)=O)c1. The van der Waals surface area contributed by atoms with E-state index in [1.807, 2.05) is 37.3 Å². The van der Waals surface area contributed by atoms with Crippen LogP contribution in [0.3, 0.4) is 0 Å². The highest BCUT2D eigenvalue weighted by Gasteiger charge is 2.16. The molecule has 0 radical (unpaired) electrons. The van der Waals surface area contributed by atoms with Gasteiger partial charge in [-0.1, -0.05) is 30.3 Å². The summed E-state index contributed by atoms with van der Waals surface area (Å²) in [5.74, 6) is 0.208. The number of rotatable bonds is 7. The molecule has 1 atom stereocenters. The molecule has 0 saturated heterocycles. The molecule has 6 nitrogen and oxygen atoms in total. The lowest BCUT2D eigenvalue weighted by atomic mass is 10.1. The first-order chi connectivity index (χ1) is 11.8. The van der Waals surface area contributed by atoms with Crippen molar-refractivity contribution in [3.05, 3.63) is 54.1 Å². The summed E-state index contributed by atoms with van der Waals surface area (Å²) in [5, 5.41) is 5.75. The third kappa shape index (κ3) is 5.22. The van der Waals surface area contributed by atoms with Crippen molar-refractivity contribution in [2.45, 2.75) is 17.9 Å². The first-order valence-corrected chi connectivity index (χ1v) is 9.66. The van der Waals surface area contributed by atoms with E-state index in [-0.39, 0.29) is 23.4 Å². The zero-order valence-corrected chi connectivity index (χ0v) is 15.3. The second-order valence-electron chi connectivity index (χ2n) is 5.69. The number of hydrogen-bond acceptors (Lipinski definition) is 5. The summed E-state index contributed by atoms with van der Waals surface area (Å²) < 4.78 is 28.9. The minimum Gasteiger partial charge on any atom is -0.497 e. The zero-order chi connectivity index (χ0) is 18.4. The Morgan fingerprint density at radius 3 is 2.44 bits per heavy atom. The maximum Gasteiger partial charge on any atom is 0.239 e. The van der Waals surface area contributed by atoms with Crippen molar-refractivity contribution in [3.8, 4) is 5.75 Å². The van der Waals surface area contributed by atoms with Crippen LogP contribution in [0.25, 0.3) is 0 Å². The molecule has 0 saturated carbocycles. The van der Waals surface area contributed by atoms with Crippen LogP contribution in [0.2, 0.25) is 0 Å². The number of benzene rings is 2. The van der Waals surface area contributed by atoms with Gasteiger partial charge in [0.15, 0.2) is 9.84 Å². The molecule has 0 fully saturated rings. The van der Waals surface area contributed by atoms with E-state index < -0.39 is 9.84 Å². The van der Waals surface area contributed by atoms with Gasteiger partial charge in [-0.2, -0.15) is 0 Å². The zero-order valence-electron chi connectivity index (χ0n) is 14.4. The second-order valence-corrected chi connectivity index (χ2v) is 7.67. The minimum absolute atomic E-state index is 0.0357. The molecule has 1 amide bonds. The molecule has 0 aliphatic rings. The van der Waals surface area contributed by atoms with Crippen LogP contribution in [0.1, 0.15) is 18.5 Å². The largest absolute Gasteiger partial charge is 0.497 e. The fraction of sp³-hybridized carbons (Fsp3) is 0.278. The number of methoxy groups -OCH3 is 1. The van der Waals surface area contributed by atoms with Gasteiger partial charge in [0.1, 0.15) is 5.75 Å². The number of carbonyl (C=O) groups excluding carboxylic acids is 1. The average molecular weight is 362 g/mol. The molecule has 0 heterocycles. The predicted molar refractivity (Wildman–Crippen MR) is 97.6 cm³/mol. The molecule has 2 aromatic carbocycles. The Morgan fingerprint density at radius 1 is 1.16 bits per heavy atom. The van der Waals surface area contributed by atoms with E-state index >= 15 is 0 Å². The third-order valence-corrected chi connectivity index (χ3v) is 4.84. The second kappa shape index (κ2) is 8.02. The van der Waals surface area contributed by atoms with Gasteiger partial charge >= 0.3 is 0 Å². The van der Waals surface area contributed by atoms with Gasteiger partial charge in [-0.15, -0.1) is 0 Å². The van der Waals surface area contributed by atoms with E-state index in [4.69, 9.17) is 4.74 Å². The van der Waals surface area contributed by atoms with Crippen molar-refractivity contribution < 1.29 is 17.9 Å². The lowest BCUT2D eigenvalue weighted by molar-refractivity contribution is -0.120. The van der Waals surface area contributed by atoms with Gasteiger partial charge < -0.3 is 15.4 Å². The summed E-state index contributed by atoms with van der Waals surface area (Å²) in [6.45, 7) is 1.86. The summed E-state index contributed by atoms with van der Waals surface area (Å²) in [5.41, 5.74) is 1.36. The highest BCUT2D eigenvalue weighted by Crippen LogP contribution is 2.26. The summed E-state index contributed by atoms with van der Waals surface area (Å²) in [4.78, 5) is 12.2. The normalized spacial score (nSPS) is 12.3. The number of amides is 1. The maximum absolute atomic E-state index is 12.1. The van der Waals surface area contributed by atoms with E-state index in [1.54, 1.807) is 12.1 Å². The Kier molecular flexibility index (Phi) is 6.03. The third-order valence-electron chi connectivity index (χ3n) is 3.70. The Balaban J connectivity index is 2.04. The van der Waals surface area contributed by atoms with Crippen LogP contribution in [0.15, 0.2) is 53.4 Å². The molecule has 0 aliphatic heterocycles. The van der Waals surface area contributed by atoms with Gasteiger partial charge in [-0.05, 0) is 24.6 Å². The monoisotopic (exact) mass is 362 g/mol. The lowest BCUT2D eigenvalue weighted by Gasteiger charge is -2.16. The van der Waals surface area contributed by atoms with E-state index in [0.717, 1.165) is 11.8 Å². The Labute approximate surface area is 148 Å². The Hall–Kier alpha value is -2.54. The predicted octanol–water partition coefficient (Wildman–Crippen LogP) is 2.39. The molecule has 0 bridgehead atoms. The number of nitrogens with one attached hydrogen (secondary N) is 2. The van der Waals surface area contributed by atoms with E-state index in [2.05, 4.69) is 10.6 Å². The number of sulfone groups is 1. The van der Waals surface area contributed by atoms with Crippen molar-refractivity contribution in [2.24, 2.45) is 0 Å². The van der Waals surface area contributed by atoms with Crippen LogP contribution >= 0.6 is 0 Å². The molecular formula is C18H22N2O4S. The number of anilines is 1. The lowest BCUT2D eigenvalue weighted by Crippen LogP contribution is -2.32.